The van der Waals surface area contributed by atoms with E-state index in [-0.39, 0.29) is 0 Å². The van der Waals surface area contributed by atoms with Crippen LogP contribution in [0.5, 0.6) is 0 Å². The molecule has 1 aliphatic carbocycles. The highest BCUT2D eigenvalue weighted by Gasteiger charge is 2.19. The van der Waals surface area contributed by atoms with Crippen LogP contribution in [0, 0.1) is 11.3 Å². The minimum absolute atomic E-state index is 0.652. The molecule has 0 unspecified atom stereocenters. The van der Waals surface area contributed by atoms with Crippen molar-refractivity contribution in [2.45, 2.75) is 6.42 Å². The van der Waals surface area contributed by atoms with Gasteiger partial charge < -0.3 is 4.57 Å². The molecule has 0 atom stereocenters. The normalized spacial score (nSPS) is 15.0. The number of fused-ring (bicyclic) bond motifs is 7. The molecule has 10 rings (SSSR count). The van der Waals surface area contributed by atoms with Crippen molar-refractivity contribution in [3.63, 3.8) is 0 Å². The van der Waals surface area contributed by atoms with Gasteiger partial charge in [-0.25, -0.2) is 0 Å². The van der Waals surface area contributed by atoms with E-state index in [1.807, 2.05) is 18.2 Å². The maximum absolute atomic E-state index is 9.85. The minimum Gasteiger partial charge on any atom is -0.309 e. The number of benzene rings is 8. The van der Waals surface area contributed by atoms with E-state index in [0.717, 1.165) is 61.8 Å². The molecule has 1 aliphatic rings. The first-order chi connectivity index (χ1) is 27.7. The lowest BCUT2D eigenvalue weighted by Crippen LogP contribution is -1.97. The Labute approximate surface area is 326 Å². The summed E-state index contributed by atoms with van der Waals surface area (Å²) in [6.07, 6.45) is 11.8. The number of rotatable bonds is 4. The van der Waals surface area contributed by atoms with Crippen molar-refractivity contribution >= 4 is 55.0 Å². The van der Waals surface area contributed by atoms with Crippen molar-refractivity contribution in [3.8, 4) is 34.0 Å². The molecule has 0 aliphatic heterocycles. The van der Waals surface area contributed by atoms with Crippen LogP contribution >= 0.6 is 0 Å². The first kappa shape index (κ1) is 33.1. The molecule has 1 heterocycles. The Balaban J connectivity index is 1.18. The van der Waals surface area contributed by atoms with Gasteiger partial charge in [0.25, 0.3) is 0 Å². The van der Waals surface area contributed by atoms with Crippen LogP contribution in [0.1, 0.15) is 22.3 Å². The average molecular weight is 713 g/mol. The van der Waals surface area contributed by atoms with Crippen LogP contribution in [-0.4, -0.2) is 4.57 Å². The number of hydrogen-bond donors (Lipinski definition) is 0. The predicted molar refractivity (Wildman–Crippen MR) is 237 cm³/mol. The fourth-order valence-corrected chi connectivity index (χ4v) is 8.58. The summed E-state index contributed by atoms with van der Waals surface area (Å²) >= 11 is 0. The van der Waals surface area contributed by atoms with Crippen LogP contribution in [0.3, 0.4) is 0 Å². The Morgan fingerprint density at radius 1 is 0.518 bits per heavy atom. The molecule has 0 fully saturated rings. The van der Waals surface area contributed by atoms with Gasteiger partial charge in [-0.15, -0.1) is 0 Å². The third-order valence-electron chi connectivity index (χ3n) is 11.2. The first-order valence-corrected chi connectivity index (χ1v) is 19.1. The van der Waals surface area contributed by atoms with Gasteiger partial charge in [0.2, 0.25) is 0 Å². The third-order valence-corrected chi connectivity index (χ3v) is 11.2. The van der Waals surface area contributed by atoms with Gasteiger partial charge in [-0.2, -0.15) is 5.26 Å². The quantitative estimate of drug-likeness (QED) is 0.179. The Morgan fingerprint density at radius 2 is 1.14 bits per heavy atom. The number of aromatic nitrogens is 1. The molecule has 0 spiro atoms. The molecule has 0 N–H and O–H groups in total. The van der Waals surface area contributed by atoms with Gasteiger partial charge in [-0.1, -0.05) is 146 Å². The lowest BCUT2D eigenvalue weighted by Gasteiger charge is -2.19. The summed E-state index contributed by atoms with van der Waals surface area (Å²) in [4.78, 5) is 0. The Bertz CT molecular complexity index is 3170. The molecular formula is C54H36N2. The lowest BCUT2D eigenvalue weighted by atomic mass is 9.85. The van der Waals surface area contributed by atoms with Gasteiger partial charge >= 0.3 is 0 Å². The second-order valence-electron chi connectivity index (χ2n) is 14.4. The Kier molecular flexibility index (Phi) is 8.13. The molecule has 0 saturated carbocycles. The molecule has 9 aromatic rings. The summed E-state index contributed by atoms with van der Waals surface area (Å²) in [5.74, 6) is 0. The largest absolute Gasteiger partial charge is 0.309 e. The third kappa shape index (κ3) is 5.58. The van der Waals surface area contributed by atoms with Crippen molar-refractivity contribution in [1.82, 2.24) is 4.57 Å². The SMILES string of the molecule is C=C1/C=C\C=C/Cc2cc(-c3ccccc3)c3ccccc3c2/C=C\1c1ccc(-c2ccc3c(c2)c2cc(C#N)ccc2n3-c2ccccc2)c2ccccc12. The minimum atomic E-state index is 0.652. The van der Waals surface area contributed by atoms with Gasteiger partial charge in [-0.05, 0) is 133 Å². The zero-order valence-electron chi connectivity index (χ0n) is 30.8. The van der Waals surface area contributed by atoms with E-state index >= 15 is 0 Å². The van der Waals surface area contributed by atoms with Crippen LogP contribution < -0.4 is 0 Å². The molecule has 0 amide bonds. The van der Waals surface area contributed by atoms with Gasteiger partial charge in [-0.3, -0.25) is 0 Å². The molecule has 2 heteroatoms. The van der Waals surface area contributed by atoms with Gasteiger partial charge in [0, 0.05) is 16.5 Å². The van der Waals surface area contributed by atoms with Crippen LogP contribution in [0.2, 0.25) is 0 Å². The highest BCUT2D eigenvalue weighted by molar-refractivity contribution is 6.14. The summed E-state index contributed by atoms with van der Waals surface area (Å²) in [6, 6.07) is 60.7. The maximum Gasteiger partial charge on any atom is 0.0991 e. The highest BCUT2D eigenvalue weighted by Crippen LogP contribution is 2.42. The number of allylic oxidation sites excluding steroid dienone is 6. The average Bonchev–Trinajstić information content (AvgIpc) is 3.58. The van der Waals surface area contributed by atoms with Crippen LogP contribution in [0.25, 0.3) is 82.9 Å². The number of nitrogens with zero attached hydrogens (tertiary/aromatic N) is 2. The second-order valence-corrected chi connectivity index (χ2v) is 14.4. The molecule has 262 valence electrons. The monoisotopic (exact) mass is 712 g/mol. The molecular weight excluding hydrogens is 677 g/mol. The molecule has 0 bridgehead atoms. The summed E-state index contributed by atoms with van der Waals surface area (Å²) in [5.41, 5.74) is 14.4. The van der Waals surface area contributed by atoms with E-state index in [1.54, 1.807) is 0 Å². The van der Waals surface area contributed by atoms with Crippen LogP contribution in [0.15, 0.2) is 200 Å². The van der Waals surface area contributed by atoms with Gasteiger partial charge in [0.05, 0.1) is 22.7 Å². The zero-order valence-corrected chi connectivity index (χ0v) is 30.8. The van der Waals surface area contributed by atoms with Crippen LogP contribution in [-0.2, 0) is 6.42 Å². The van der Waals surface area contributed by atoms with Crippen LogP contribution in [0.4, 0.5) is 0 Å². The van der Waals surface area contributed by atoms with Crippen molar-refractivity contribution < 1.29 is 0 Å². The highest BCUT2D eigenvalue weighted by atomic mass is 15.0. The fourth-order valence-electron chi connectivity index (χ4n) is 8.58. The molecule has 0 radical (unpaired) electrons. The molecule has 8 aromatic carbocycles. The van der Waals surface area contributed by atoms with Gasteiger partial charge in [0.15, 0.2) is 0 Å². The van der Waals surface area contributed by atoms with Crippen molar-refractivity contribution in [1.29, 1.82) is 5.26 Å². The summed E-state index contributed by atoms with van der Waals surface area (Å²) in [7, 11) is 0. The lowest BCUT2D eigenvalue weighted by molar-refractivity contribution is 1.18. The van der Waals surface area contributed by atoms with Crippen molar-refractivity contribution in [2.75, 3.05) is 0 Å². The predicted octanol–water partition coefficient (Wildman–Crippen LogP) is 14.1. The Hall–Kier alpha value is -7.47. The summed E-state index contributed by atoms with van der Waals surface area (Å²) in [5, 5.41) is 16.8. The molecule has 56 heavy (non-hydrogen) atoms. The molecule has 0 saturated heterocycles. The smallest absolute Gasteiger partial charge is 0.0991 e. The molecule has 1 aromatic heterocycles. The topological polar surface area (TPSA) is 28.7 Å². The van der Waals surface area contributed by atoms with Crippen molar-refractivity contribution in [2.24, 2.45) is 0 Å². The number of nitriles is 1. The number of para-hydroxylation sites is 1. The summed E-state index contributed by atoms with van der Waals surface area (Å²) in [6.45, 7) is 4.64. The van der Waals surface area contributed by atoms with Crippen molar-refractivity contribution in [3.05, 3.63) is 223 Å². The van der Waals surface area contributed by atoms with E-state index < -0.39 is 0 Å². The Morgan fingerprint density at radius 3 is 1.89 bits per heavy atom. The van der Waals surface area contributed by atoms with E-state index in [0.29, 0.717) is 5.56 Å². The summed E-state index contributed by atoms with van der Waals surface area (Å²) < 4.78 is 2.29. The van der Waals surface area contributed by atoms with Gasteiger partial charge in [0.1, 0.15) is 0 Å². The molecule has 2 nitrogen and oxygen atoms in total. The van der Waals surface area contributed by atoms with E-state index in [4.69, 9.17) is 0 Å². The van der Waals surface area contributed by atoms with E-state index in [2.05, 4.69) is 193 Å². The fraction of sp³-hybridized carbons (Fsp3) is 0.0185. The second kappa shape index (κ2) is 13.7. The van der Waals surface area contributed by atoms with E-state index in [9.17, 15) is 5.26 Å². The maximum atomic E-state index is 9.85. The zero-order chi connectivity index (χ0) is 37.6. The standard InChI is InChI=1S/C54H36N2/c1-36-15-5-2-8-18-39-32-49(38-16-6-3-7-17-38)45-23-13-14-24-46(45)50(39)34-48(36)47-28-27-42(43-21-11-12-22-44(43)47)40-26-30-54-52(33-40)51-31-37(35-55)25-29-53(51)56(54)41-19-9-4-10-20-41/h2-17,19-34H,1,18H2/b8-2-,15-5-,48-34+. The van der Waals surface area contributed by atoms with E-state index in [1.165, 1.54) is 43.8 Å². The number of hydrogen-bond acceptors (Lipinski definition) is 1. The first-order valence-electron chi connectivity index (χ1n) is 19.1.